The Kier molecular flexibility index (Phi) is 3.17. The molecule has 3 fully saturated rings. The third-order valence-corrected chi connectivity index (χ3v) is 6.71. The van der Waals surface area contributed by atoms with Gasteiger partial charge in [-0.3, -0.25) is 0 Å². The van der Waals surface area contributed by atoms with E-state index in [2.05, 4.69) is 41.5 Å². The summed E-state index contributed by atoms with van der Waals surface area (Å²) in [6.07, 6.45) is 8.25. The highest BCUT2D eigenvalue weighted by atomic mass is 16.7. The lowest BCUT2D eigenvalue weighted by Crippen LogP contribution is -2.45. The van der Waals surface area contributed by atoms with Crippen molar-refractivity contribution in [2.75, 3.05) is 0 Å². The van der Waals surface area contributed by atoms with Crippen LogP contribution in [0, 0.1) is 10.8 Å². The molecule has 1 spiro atoms. The summed E-state index contributed by atoms with van der Waals surface area (Å²) in [7, 11) is 0.0283. The lowest BCUT2D eigenvalue weighted by molar-refractivity contribution is 0.00578. The standard InChI is InChI=1S/C17H31BO2/c1-14(2)7-9-17(10-8-14)11-13(12-17)18-19-15(3,4)16(5,6)20-18/h13H,7-12H2,1-6H3. The van der Waals surface area contributed by atoms with E-state index in [0.717, 1.165) is 0 Å². The van der Waals surface area contributed by atoms with Crippen LogP contribution in [0.5, 0.6) is 0 Å². The van der Waals surface area contributed by atoms with Crippen molar-refractivity contribution >= 4 is 7.12 Å². The van der Waals surface area contributed by atoms with Crippen LogP contribution < -0.4 is 0 Å². The molecule has 0 N–H and O–H groups in total. The molecule has 2 nitrogen and oxygen atoms in total. The fourth-order valence-electron chi connectivity index (χ4n) is 4.19. The van der Waals surface area contributed by atoms with Gasteiger partial charge in [0.15, 0.2) is 0 Å². The molecular weight excluding hydrogens is 247 g/mol. The molecule has 0 radical (unpaired) electrons. The van der Waals surface area contributed by atoms with Crippen LogP contribution in [0.3, 0.4) is 0 Å². The average molecular weight is 278 g/mol. The first kappa shape index (κ1) is 14.9. The van der Waals surface area contributed by atoms with Crippen LogP contribution in [-0.2, 0) is 9.31 Å². The van der Waals surface area contributed by atoms with E-state index in [-0.39, 0.29) is 18.3 Å². The van der Waals surface area contributed by atoms with Crippen LogP contribution in [-0.4, -0.2) is 18.3 Å². The molecule has 0 amide bonds. The minimum atomic E-state index is -0.172. The smallest absolute Gasteiger partial charge is 0.403 e. The molecule has 1 heterocycles. The number of rotatable bonds is 1. The molecule has 0 unspecified atom stereocenters. The molecule has 20 heavy (non-hydrogen) atoms. The molecule has 0 aromatic heterocycles. The van der Waals surface area contributed by atoms with Crippen LogP contribution in [0.4, 0.5) is 0 Å². The molecule has 0 aromatic rings. The van der Waals surface area contributed by atoms with Crippen molar-refractivity contribution in [3.63, 3.8) is 0 Å². The predicted octanol–water partition coefficient (Wildman–Crippen LogP) is 4.83. The Hall–Kier alpha value is -0.0151. The highest BCUT2D eigenvalue weighted by Crippen LogP contribution is 2.62. The van der Waals surface area contributed by atoms with Gasteiger partial charge in [-0.05, 0) is 82.9 Å². The van der Waals surface area contributed by atoms with Crippen LogP contribution in [0.15, 0.2) is 0 Å². The monoisotopic (exact) mass is 278 g/mol. The van der Waals surface area contributed by atoms with Crippen LogP contribution in [0.1, 0.15) is 80.1 Å². The maximum atomic E-state index is 6.22. The lowest BCUT2D eigenvalue weighted by atomic mass is 9.44. The van der Waals surface area contributed by atoms with Crippen molar-refractivity contribution in [1.82, 2.24) is 0 Å². The van der Waals surface area contributed by atoms with Gasteiger partial charge in [-0.1, -0.05) is 13.8 Å². The molecule has 0 bridgehead atoms. The predicted molar refractivity (Wildman–Crippen MR) is 83.7 cm³/mol. The molecule has 3 heteroatoms. The second-order valence-corrected chi connectivity index (χ2v) is 9.46. The molecular formula is C17H31BO2. The maximum absolute atomic E-state index is 6.22. The summed E-state index contributed by atoms with van der Waals surface area (Å²) >= 11 is 0. The number of hydrogen-bond donors (Lipinski definition) is 0. The molecule has 2 aliphatic carbocycles. The highest BCUT2D eigenvalue weighted by Gasteiger charge is 2.59. The average Bonchev–Trinajstić information content (AvgIpc) is 2.45. The van der Waals surface area contributed by atoms with Crippen molar-refractivity contribution in [2.24, 2.45) is 10.8 Å². The Morgan fingerprint density at radius 2 is 1.20 bits per heavy atom. The van der Waals surface area contributed by atoms with Gasteiger partial charge < -0.3 is 9.31 Å². The number of hydrogen-bond acceptors (Lipinski definition) is 2. The van der Waals surface area contributed by atoms with Crippen LogP contribution in [0.2, 0.25) is 5.82 Å². The van der Waals surface area contributed by atoms with E-state index >= 15 is 0 Å². The highest BCUT2D eigenvalue weighted by molar-refractivity contribution is 6.47. The lowest BCUT2D eigenvalue weighted by Gasteiger charge is -2.53. The van der Waals surface area contributed by atoms with E-state index < -0.39 is 0 Å². The fourth-order valence-corrected chi connectivity index (χ4v) is 4.19. The topological polar surface area (TPSA) is 18.5 Å². The minimum absolute atomic E-state index is 0.0283. The largest absolute Gasteiger partial charge is 0.461 e. The molecule has 1 aliphatic heterocycles. The SMILES string of the molecule is CC1(C)CCC2(CC1)CC(B1OC(C)(C)C(C)(C)O1)C2. The van der Waals surface area contributed by atoms with E-state index in [1.54, 1.807) is 0 Å². The van der Waals surface area contributed by atoms with E-state index in [4.69, 9.17) is 9.31 Å². The summed E-state index contributed by atoms with van der Waals surface area (Å²) in [5, 5.41) is 0. The van der Waals surface area contributed by atoms with Crippen LogP contribution >= 0.6 is 0 Å². The third kappa shape index (κ3) is 2.35. The van der Waals surface area contributed by atoms with E-state index in [0.29, 0.717) is 16.6 Å². The van der Waals surface area contributed by atoms with Crippen molar-refractivity contribution in [3.05, 3.63) is 0 Å². The van der Waals surface area contributed by atoms with Gasteiger partial charge in [0.1, 0.15) is 0 Å². The van der Waals surface area contributed by atoms with Gasteiger partial charge in [0.05, 0.1) is 11.2 Å². The third-order valence-electron chi connectivity index (χ3n) is 6.71. The Morgan fingerprint density at radius 1 is 0.750 bits per heavy atom. The molecule has 2 saturated carbocycles. The maximum Gasteiger partial charge on any atom is 0.461 e. The van der Waals surface area contributed by atoms with Crippen molar-refractivity contribution in [1.29, 1.82) is 0 Å². The Morgan fingerprint density at radius 3 is 1.65 bits per heavy atom. The summed E-state index contributed by atoms with van der Waals surface area (Å²) < 4.78 is 12.4. The fraction of sp³-hybridized carbons (Fsp3) is 1.00. The Balaban J connectivity index is 1.57. The van der Waals surface area contributed by atoms with Gasteiger partial charge in [-0.25, -0.2) is 0 Å². The zero-order valence-electron chi connectivity index (χ0n) is 14.2. The van der Waals surface area contributed by atoms with Crippen molar-refractivity contribution in [3.8, 4) is 0 Å². The van der Waals surface area contributed by atoms with Gasteiger partial charge >= 0.3 is 7.12 Å². The van der Waals surface area contributed by atoms with E-state index in [1.807, 2.05) is 0 Å². The van der Waals surface area contributed by atoms with Gasteiger partial charge in [-0.2, -0.15) is 0 Å². The first-order valence-electron chi connectivity index (χ1n) is 8.40. The molecule has 114 valence electrons. The van der Waals surface area contributed by atoms with Gasteiger partial charge in [0.2, 0.25) is 0 Å². The summed E-state index contributed by atoms with van der Waals surface area (Å²) in [5.74, 6) is 0.622. The Bertz CT molecular complexity index is 366. The Labute approximate surface area is 125 Å². The molecule has 3 rings (SSSR count). The molecule has 0 aromatic carbocycles. The normalized spacial score (nSPS) is 34.2. The van der Waals surface area contributed by atoms with Crippen molar-refractivity contribution < 1.29 is 9.31 Å². The van der Waals surface area contributed by atoms with Gasteiger partial charge in [0.25, 0.3) is 0 Å². The van der Waals surface area contributed by atoms with E-state index in [9.17, 15) is 0 Å². The first-order valence-corrected chi connectivity index (χ1v) is 8.40. The van der Waals surface area contributed by atoms with E-state index in [1.165, 1.54) is 38.5 Å². The molecule has 3 aliphatic rings. The second kappa shape index (κ2) is 4.26. The quantitative estimate of drug-likeness (QED) is 0.640. The molecule has 0 atom stereocenters. The van der Waals surface area contributed by atoms with Gasteiger partial charge in [0, 0.05) is 0 Å². The first-order chi connectivity index (χ1) is 9.04. The zero-order valence-corrected chi connectivity index (χ0v) is 14.2. The summed E-state index contributed by atoms with van der Waals surface area (Å²) in [6, 6.07) is 0. The zero-order chi connectivity index (χ0) is 14.8. The second-order valence-electron chi connectivity index (χ2n) is 9.46. The summed E-state index contributed by atoms with van der Waals surface area (Å²) in [5.41, 5.74) is 0.856. The van der Waals surface area contributed by atoms with Crippen molar-refractivity contribution in [2.45, 2.75) is 97.1 Å². The summed E-state index contributed by atoms with van der Waals surface area (Å²) in [6.45, 7) is 13.5. The minimum Gasteiger partial charge on any atom is -0.403 e. The van der Waals surface area contributed by atoms with Gasteiger partial charge in [-0.15, -0.1) is 0 Å². The van der Waals surface area contributed by atoms with Crippen LogP contribution in [0.25, 0.3) is 0 Å². The molecule has 1 saturated heterocycles. The summed E-state index contributed by atoms with van der Waals surface area (Å²) in [4.78, 5) is 0.